The average Bonchev–Trinajstić information content (AvgIpc) is 2.74. The Labute approximate surface area is 109 Å². The van der Waals surface area contributed by atoms with Crippen molar-refractivity contribution < 1.29 is 13.5 Å². The van der Waals surface area contributed by atoms with Crippen molar-refractivity contribution in [2.45, 2.75) is 19.1 Å². The molecule has 1 heterocycles. The van der Waals surface area contributed by atoms with Gasteiger partial charge in [-0.1, -0.05) is 18.2 Å². The van der Waals surface area contributed by atoms with E-state index in [1.807, 2.05) is 19.3 Å². The number of nitrogens with zero attached hydrogens (tertiary/aromatic N) is 2. The normalized spacial score (nSPS) is 12.7. The molecule has 0 aliphatic carbocycles. The van der Waals surface area contributed by atoms with Crippen LogP contribution in [0.1, 0.15) is 17.3 Å². The van der Waals surface area contributed by atoms with Crippen molar-refractivity contribution in [1.82, 2.24) is 9.78 Å². The average molecular weight is 267 g/mol. The number of halogens is 2. The van der Waals surface area contributed by atoms with Gasteiger partial charge in [0.25, 0.3) is 0 Å². The fourth-order valence-corrected chi connectivity index (χ4v) is 1.90. The molecule has 6 heteroatoms. The predicted molar refractivity (Wildman–Crippen MR) is 66.9 cm³/mol. The van der Waals surface area contributed by atoms with Gasteiger partial charge in [0.2, 0.25) is 0 Å². The molecule has 102 valence electrons. The number of aryl methyl sites for hydroxylation is 1. The number of rotatable bonds is 5. The number of para-hydroxylation sites is 1. The first-order chi connectivity index (χ1) is 9.06. The van der Waals surface area contributed by atoms with Crippen LogP contribution < -0.4 is 10.5 Å². The number of hydrogen-bond acceptors (Lipinski definition) is 3. The molecule has 1 atom stereocenters. The van der Waals surface area contributed by atoms with Crippen molar-refractivity contribution in [3.63, 3.8) is 0 Å². The summed E-state index contributed by atoms with van der Waals surface area (Å²) in [7, 11) is 1.81. The lowest BCUT2D eigenvalue weighted by atomic mass is 10.0. The Hall–Kier alpha value is -1.95. The molecule has 2 rings (SSSR count). The Balaban J connectivity index is 2.16. The molecule has 0 saturated carbocycles. The van der Waals surface area contributed by atoms with Crippen LogP contribution in [0.15, 0.2) is 36.5 Å². The van der Waals surface area contributed by atoms with Gasteiger partial charge in [0.05, 0.1) is 5.69 Å². The first-order valence-electron chi connectivity index (χ1n) is 5.84. The number of aromatic nitrogens is 2. The van der Waals surface area contributed by atoms with Crippen LogP contribution in [0.25, 0.3) is 0 Å². The number of ether oxygens (including phenoxy) is 1. The molecule has 0 radical (unpaired) electrons. The Bertz CT molecular complexity index is 542. The van der Waals surface area contributed by atoms with E-state index in [0.717, 1.165) is 5.69 Å². The summed E-state index contributed by atoms with van der Waals surface area (Å²) in [5.74, 6) is 0.112. The van der Waals surface area contributed by atoms with Gasteiger partial charge < -0.3 is 10.5 Å². The highest BCUT2D eigenvalue weighted by Gasteiger charge is 2.16. The molecule has 2 aromatic rings. The molecule has 0 bridgehead atoms. The van der Waals surface area contributed by atoms with E-state index in [0.29, 0.717) is 12.0 Å². The van der Waals surface area contributed by atoms with Crippen LogP contribution >= 0.6 is 0 Å². The van der Waals surface area contributed by atoms with E-state index in [2.05, 4.69) is 9.84 Å². The van der Waals surface area contributed by atoms with Crippen molar-refractivity contribution in [2.24, 2.45) is 12.8 Å². The molecular weight excluding hydrogens is 252 g/mol. The van der Waals surface area contributed by atoms with E-state index in [4.69, 9.17) is 5.73 Å². The summed E-state index contributed by atoms with van der Waals surface area (Å²) >= 11 is 0. The SMILES string of the molecule is Cn1ccc(CC(N)c2ccccc2OC(F)F)n1. The van der Waals surface area contributed by atoms with Crippen molar-refractivity contribution in [3.05, 3.63) is 47.8 Å². The van der Waals surface area contributed by atoms with Gasteiger partial charge in [0.15, 0.2) is 0 Å². The minimum absolute atomic E-state index is 0.112. The van der Waals surface area contributed by atoms with Crippen molar-refractivity contribution >= 4 is 0 Å². The maximum Gasteiger partial charge on any atom is 0.387 e. The van der Waals surface area contributed by atoms with E-state index < -0.39 is 12.7 Å². The van der Waals surface area contributed by atoms with Crippen molar-refractivity contribution in [2.75, 3.05) is 0 Å². The first-order valence-corrected chi connectivity index (χ1v) is 5.84. The van der Waals surface area contributed by atoms with Crippen molar-refractivity contribution in [3.8, 4) is 5.75 Å². The Morgan fingerprint density at radius 1 is 1.32 bits per heavy atom. The molecule has 1 aromatic carbocycles. The lowest BCUT2D eigenvalue weighted by Gasteiger charge is -2.15. The summed E-state index contributed by atoms with van der Waals surface area (Å²) in [6, 6.07) is 7.95. The van der Waals surface area contributed by atoms with Gasteiger partial charge >= 0.3 is 6.61 Å². The molecule has 2 N–H and O–H groups in total. The van der Waals surface area contributed by atoms with Crippen molar-refractivity contribution in [1.29, 1.82) is 0 Å². The van der Waals surface area contributed by atoms with E-state index in [1.165, 1.54) is 6.07 Å². The van der Waals surface area contributed by atoms with Gasteiger partial charge in [-0.3, -0.25) is 4.68 Å². The number of alkyl halides is 2. The molecule has 1 unspecified atom stereocenters. The quantitative estimate of drug-likeness (QED) is 0.904. The zero-order valence-corrected chi connectivity index (χ0v) is 10.5. The summed E-state index contributed by atoms with van der Waals surface area (Å²) in [5.41, 5.74) is 7.40. The van der Waals surface area contributed by atoms with Gasteiger partial charge in [-0.25, -0.2) is 0 Å². The molecular formula is C13H15F2N3O. The number of benzene rings is 1. The monoisotopic (exact) mass is 267 g/mol. The summed E-state index contributed by atoms with van der Waals surface area (Å²) in [6.07, 6.45) is 2.27. The van der Waals surface area contributed by atoms with Crippen LogP contribution in [-0.4, -0.2) is 16.4 Å². The van der Waals surface area contributed by atoms with E-state index in [9.17, 15) is 8.78 Å². The maximum absolute atomic E-state index is 12.3. The van der Waals surface area contributed by atoms with Gasteiger partial charge in [-0.15, -0.1) is 0 Å². The highest BCUT2D eigenvalue weighted by molar-refractivity contribution is 5.36. The third-order valence-electron chi connectivity index (χ3n) is 2.73. The zero-order chi connectivity index (χ0) is 13.8. The molecule has 4 nitrogen and oxygen atoms in total. The third kappa shape index (κ3) is 3.51. The molecule has 0 fully saturated rings. The van der Waals surface area contributed by atoms with E-state index in [1.54, 1.807) is 22.9 Å². The molecule has 0 amide bonds. The number of nitrogens with two attached hydrogens (primary N) is 1. The largest absolute Gasteiger partial charge is 0.434 e. The van der Waals surface area contributed by atoms with Crippen LogP contribution in [0.5, 0.6) is 5.75 Å². The third-order valence-corrected chi connectivity index (χ3v) is 2.73. The van der Waals surface area contributed by atoms with Crippen LogP contribution in [0.3, 0.4) is 0 Å². The fourth-order valence-electron chi connectivity index (χ4n) is 1.90. The summed E-state index contributed by atoms with van der Waals surface area (Å²) in [5, 5.41) is 4.21. The smallest absolute Gasteiger partial charge is 0.387 e. The first kappa shape index (κ1) is 13.5. The van der Waals surface area contributed by atoms with Gasteiger partial charge in [-0.2, -0.15) is 13.9 Å². The second-order valence-corrected chi connectivity index (χ2v) is 4.21. The van der Waals surface area contributed by atoms with Gasteiger partial charge in [-0.05, 0) is 12.1 Å². The minimum Gasteiger partial charge on any atom is -0.434 e. The van der Waals surface area contributed by atoms with Crippen LogP contribution in [-0.2, 0) is 13.5 Å². The van der Waals surface area contributed by atoms with Crippen LogP contribution in [0, 0.1) is 0 Å². The van der Waals surface area contributed by atoms with Gasteiger partial charge in [0, 0.05) is 31.3 Å². The lowest BCUT2D eigenvalue weighted by molar-refractivity contribution is -0.0506. The summed E-state index contributed by atoms with van der Waals surface area (Å²) in [6.45, 7) is -2.86. The zero-order valence-electron chi connectivity index (χ0n) is 10.5. The predicted octanol–water partition coefficient (Wildman–Crippen LogP) is 2.26. The maximum atomic E-state index is 12.3. The second kappa shape index (κ2) is 5.79. The Morgan fingerprint density at radius 2 is 2.05 bits per heavy atom. The molecule has 19 heavy (non-hydrogen) atoms. The van der Waals surface area contributed by atoms with Crippen LogP contribution in [0.4, 0.5) is 8.78 Å². The molecule has 1 aromatic heterocycles. The summed E-state index contributed by atoms with van der Waals surface area (Å²) < 4.78 is 30.8. The Kier molecular flexibility index (Phi) is 4.11. The number of hydrogen-bond donors (Lipinski definition) is 1. The highest BCUT2D eigenvalue weighted by atomic mass is 19.3. The lowest BCUT2D eigenvalue weighted by Crippen LogP contribution is -2.16. The molecule has 0 aliphatic heterocycles. The van der Waals surface area contributed by atoms with Crippen LogP contribution in [0.2, 0.25) is 0 Å². The van der Waals surface area contributed by atoms with E-state index in [-0.39, 0.29) is 5.75 Å². The summed E-state index contributed by atoms with van der Waals surface area (Å²) in [4.78, 5) is 0. The highest BCUT2D eigenvalue weighted by Crippen LogP contribution is 2.26. The molecule has 0 saturated heterocycles. The standard InChI is InChI=1S/C13H15F2N3O/c1-18-7-6-9(17-18)8-11(16)10-4-2-3-5-12(10)19-13(14)15/h2-7,11,13H,8,16H2,1H3. The molecule has 0 aliphatic rings. The Morgan fingerprint density at radius 3 is 2.68 bits per heavy atom. The topological polar surface area (TPSA) is 53.1 Å². The van der Waals surface area contributed by atoms with E-state index >= 15 is 0 Å². The van der Waals surface area contributed by atoms with Gasteiger partial charge in [0.1, 0.15) is 5.75 Å². The molecule has 0 spiro atoms. The minimum atomic E-state index is -2.86. The second-order valence-electron chi connectivity index (χ2n) is 4.21. The fraction of sp³-hybridized carbons (Fsp3) is 0.308.